The van der Waals surface area contributed by atoms with Crippen molar-refractivity contribution in [3.8, 4) is 23.0 Å². The van der Waals surface area contributed by atoms with Crippen LogP contribution in [0.2, 0.25) is 0 Å². The van der Waals surface area contributed by atoms with Crippen LogP contribution in [0.4, 0.5) is 4.79 Å². The Morgan fingerprint density at radius 3 is 2.29 bits per heavy atom. The van der Waals surface area contributed by atoms with Gasteiger partial charge in [-0.3, -0.25) is 0 Å². The molecule has 0 aromatic heterocycles. The van der Waals surface area contributed by atoms with E-state index >= 15 is 0 Å². The number of hydrogen-bond acceptors (Lipinski definition) is 7. The van der Waals surface area contributed by atoms with Crippen LogP contribution in [-0.2, 0) is 15.9 Å². The average molecular weight is 475 g/mol. The van der Waals surface area contributed by atoms with Crippen LogP contribution in [0.15, 0.2) is 66.7 Å². The Kier molecular flexibility index (Phi) is 4.66. The number of ether oxygens (including phenoxy) is 5. The maximum absolute atomic E-state index is 12.8. The van der Waals surface area contributed by atoms with Crippen LogP contribution in [0, 0.1) is 0 Å². The Labute approximate surface area is 202 Å². The largest absolute Gasteiger partial charge is 0.497 e. The van der Waals surface area contributed by atoms with Crippen molar-refractivity contribution in [3.63, 3.8) is 0 Å². The van der Waals surface area contributed by atoms with Crippen molar-refractivity contribution in [2.24, 2.45) is 0 Å². The fraction of sp³-hybridized carbons (Fsp3) is 0.296. The second-order valence-electron chi connectivity index (χ2n) is 8.92. The van der Waals surface area contributed by atoms with Gasteiger partial charge < -0.3 is 34.1 Å². The maximum Gasteiger partial charge on any atom is 0.407 e. The van der Waals surface area contributed by atoms with Crippen LogP contribution in [0.25, 0.3) is 0 Å². The number of amides is 1. The van der Waals surface area contributed by atoms with Crippen molar-refractivity contribution in [1.29, 1.82) is 0 Å². The molecule has 3 aromatic carbocycles. The summed E-state index contributed by atoms with van der Waals surface area (Å²) in [5.74, 6) is 1.47. The van der Waals surface area contributed by atoms with Crippen molar-refractivity contribution >= 4 is 6.09 Å². The average Bonchev–Trinajstić information content (AvgIpc) is 3.46. The molecule has 8 heteroatoms. The van der Waals surface area contributed by atoms with E-state index in [9.17, 15) is 9.90 Å². The van der Waals surface area contributed by atoms with Crippen molar-refractivity contribution < 1.29 is 33.6 Å². The predicted octanol–water partition coefficient (Wildman–Crippen LogP) is 3.46. The summed E-state index contributed by atoms with van der Waals surface area (Å²) in [6.45, 7) is 0. The zero-order chi connectivity index (χ0) is 24.4. The van der Waals surface area contributed by atoms with Gasteiger partial charge in [-0.2, -0.15) is 0 Å². The first-order chi connectivity index (χ1) is 17.0. The number of carbonyl (C=O) groups excluding carboxylic acids is 1. The second-order valence-corrected chi connectivity index (χ2v) is 8.92. The zero-order valence-corrected chi connectivity index (χ0v) is 19.5. The molecular weight excluding hydrogens is 450 g/mol. The van der Waals surface area contributed by atoms with Gasteiger partial charge in [-0.1, -0.05) is 42.5 Å². The molecular formula is C27H25NO7. The molecule has 2 heterocycles. The van der Waals surface area contributed by atoms with Crippen molar-refractivity contribution in [2.45, 2.75) is 29.3 Å². The Bertz CT molecular complexity index is 1290. The lowest BCUT2D eigenvalue weighted by Gasteiger charge is -2.41. The van der Waals surface area contributed by atoms with E-state index in [1.54, 1.807) is 26.4 Å². The monoisotopic (exact) mass is 475 g/mol. The number of nitrogens with one attached hydrogen (secondary N) is 1. The molecule has 5 atom stereocenters. The minimum Gasteiger partial charge on any atom is -0.497 e. The van der Waals surface area contributed by atoms with Gasteiger partial charge in [0.25, 0.3) is 0 Å². The van der Waals surface area contributed by atoms with Crippen molar-refractivity contribution in [1.82, 2.24) is 5.32 Å². The molecule has 6 rings (SSSR count). The zero-order valence-electron chi connectivity index (χ0n) is 19.5. The minimum absolute atomic E-state index is 0.382. The van der Waals surface area contributed by atoms with E-state index in [-0.39, 0.29) is 0 Å². The molecule has 1 aliphatic carbocycles. The van der Waals surface area contributed by atoms with Gasteiger partial charge in [-0.05, 0) is 23.3 Å². The summed E-state index contributed by atoms with van der Waals surface area (Å²) in [5, 5.41) is 15.7. The molecule has 3 aliphatic rings. The molecule has 2 aliphatic heterocycles. The van der Waals surface area contributed by atoms with Crippen LogP contribution < -0.4 is 24.3 Å². The summed E-state index contributed by atoms with van der Waals surface area (Å²) in [6.07, 6.45) is -1.52. The Hall–Kier alpha value is -3.91. The van der Waals surface area contributed by atoms with Crippen molar-refractivity contribution in [2.75, 3.05) is 21.3 Å². The lowest BCUT2D eigenvalue weighted by atomic mass is 9.71. The van der Waals surface area contributed by atoms with Gasteiger partial charge in [0.2, 0.25) is 0 Å². The Morgan fingerprint density at radius 2 is 1.63 bits per heavy atom. The molecule has 0 spiro atoms. The van der Waals surface area contributed by atoms with E-state index in [0.717, 1.165) is 5.56 Å². The standard InChI is InChI=1S/C27H25NO7/c1-31-17-11-9-16(10-12-17)27-21(15-7-5-4-6-8-15)23-24(34-25(29)28-23)26(27,30)22-19(33-3)13-18(32-2)14-20(22)35-27/h4-14,21,23-24,30H,1-3H3,(H,28,29). The summed E-state index contributed by atoms with van der Waals surface area (Å²) < 4.78 is 29.1. The Morgan fingerprint density at radius 1 is 0.914 bits per heavy atom. The first-order valence-electron chi connectivity index (χ1n) is 11.3. The van der Waals surface area contributed by atoms with Crippen LogP contribution in [0.1, 0.15) is 22.6 Å². The van der Waals surface area contributed by atoms with E-state index in [1.165, 1.54) is 7.11 Å². The van der Waals surface area contributed by atoms with Gasteiger partial charge in [0, 0.05) is 12.1 Å². The second kappa shape index (κ2) is 7.55. The van der Waals surface area contributed by atoms with E-state index in [0.29, 0.717) is 34.1 Å². The third-order valence-corrected chi connectivity index (χ3v) is 7.44. The molecule has 1 amide bonds. The number of methoxy groups -OCH3 is 3. The molecule has 0 radical (unpaired) electrons. The lowest BCUT2D eigenvalue weighted by Crippen LogP contribution is -2.52. The minimum atomic E-state index is -1.78. The molecule has 0 bridgehead atoms. The highest BCUT2D eigenvalue weighted by Crippen LogP contribution is 2.69. The summed E-state index contributed by atoms with van der Waals surface area (Å²) in [5.41, 5.74) is -1.12. The number of rotatable bonds is 5. The molecule has 35 heavy (non-hydrogen) atoms. The molecule has 1 saturated heterocycles. The first-order valence-corrected chi connectivity index (χ1v) is 11.3. The van der Waals surface area contributed by atoms with E-state index in [1.807, 2.05) is 54.6 Å². The number of aliphatic hydroxyl groups is 1. The smallest absolute Gasteiger partial charge is 0.407 e. The van der Waals surface area contributed by atoms with Gasteiger partial charge in [-0.25, -0.2) is 4.79 Å². The fourth-order valence-corrected chi connectivity index (χ4v) is 6.08. The number of benzene rings is 3. The lowest BCUT2D eigenvalue weighted by molar-refractivity contribution is -0.147. The molecule has 1 saturated carbocycles. The highest BCUT2D eigenvalue weighted by molar-refractivity contribution is 5.74. The van der Waals surface area contributed by atoms with Crippen LogP contribution >= 0.6 is 0 Å². The van der Waals surface area contributed by atoms with Crippen LogP contribution in [0.3, 0.4) is 0 Å². The SMILES string of the molecule is COc1ccc(C23Oc4cc(OC)cc(OC)c4C2(O)C2OC(=O)NC2C3c2ccccc2)cc1. The fourth-order valence-electron chi connectivity index (χ4n) is 6.08. The van der Waals surface area contributed by atoms with Crippen molar-refractivity contribution in [3.05, 3.63) is 83.4 Å². The summed E-state index contributed by atoms with van der Waals surface area (Å²) in [6, 6.07) is 20.0. The predicted molar refractivity (Wildman–Crippen MR) is 125 cm³/mol. The number of alkyl carbamates (subject to hydrolysis) is 1. The molecule has 8 nitrogen and oxygen atoms in total. The van der Waals surface area contributed by atoms with Gasteiger partial charge in [0.05, 0.1) is 38.9 Å². The highest BCUT2D eigenvalue weighted by atomic mass is 16.6. The number of fused-ring (bicyclic) bond motifs is 5. The van der Waals surface area contributed by atoms with Crippen LogP contribution in [-0.4, -0.2) is 44.7 Å². The molecule has 5 unspecified atom stereocenters. The third kappa shape index (κ3) is 2.68. The quantitative estimate of drug-likeness (QED) is 0.584. The van der Waals surface area contributed by atoms with Gasteiger partial charge in [0.15, 0.2) is 17.3 Å². The number of hydrogen-bond donors (Lipinski definition) is 2. The first kappa shape index (κ1) is 21.6. The Balaban J connectivity index is 1.69. The highest BCUT2D eigenvalue weighted by Gasteiger charge is 2.80. The topological polar surface area (TPSA) is 95.5 Å². The summed E-state index contributed by atoms with van der Waals surface area (Å²) in [4.78, 5) is 12.5. The van der Waals surface area contributed by atoms with E-state index < -0.39 is 35.4 Å². The normalized spacial score (nSPS) is 29.8. The molecule has 180 valence electrons. The van der Waals surface area contributed by atoms with Crippen LogP contribution in [0.5, 0.6) is 23.0 Å². The summed E-state index contributed by atoms with van der Waals surface area (Å²) >= 11 is 0. The molecule has 2 N–H and O–H groups in total. The maximum atomic E-state index is 12.8. The van der Waals surface area contributed by atoms with E-state index in [2.05, 4.69) is 5.32 Å². The number of carbonyl (C=O) groups is 1. The van der Waals surface area contributed by atoms with E-state index in [4.69, 9.17) is 23.7 Å². The van der Waals surface area contributed by atoms with Gasteiger partial charge >= 0.3 is 6.09 Å². The third-order valence-electron chi connectivity index (χ3n) is 7.44. The molecule has 3 aromatic rings. The van der Waals surface area contributed by atoms with Gasteiger partial charge in [-0.15, -0.1) is 0 Å². The molecule has 2 fully saturated rings. The summed E-state index contributed by atoms with van der Waals surface area (Å²) in [7, 11) is 4.67. The van der Waals surface area contributed by atoms with Gasteiger partial charge in [0.1, 0.15) is 23.0 Å².